The molecule has 124 valence electrons. The number of aliphatic hydroxyl groups is 1. The van der Waals surface area contributed by atoms with Gasteiger partial charge in [0.05, 0.1) is 6.54 Å². The number of aryl methyl sites for hydroxylation is 2. The molecule has 1 aromatic heterocycles. The van der Waals surface area contributed by atoms with E-state index in [1.165, 1.54) is 27.4 Å². The maximum absolute atomic E-state index is 9.79. The predicted octanol–water partition coefficient (Wildman–Crippen LogP) is 2.03. The third-order valence-corrected chi connectivity index (χ3v) is 5.42. The first kappa shape index (κ1) is 16.6. The van der Waals surface area contributed by atoms with Crippen LogP contribution in [-0.2, 0) is 6.67 Å². The predicted molar refractivity (Wildman–Crippen MR) is 96.1 cm³/mol. The molecular formula is C16H23N4OS2+. The maximum atomic E-state index is 9.79. The normalized spacial score (nSPS) is 21.3. The summed E-state index contributed by atoms with van der Waals surface area (Å²) in [5.41, 5.74) is 3.51. The molecule has 2 heterocycles. The highest BCUT2D eigenvalue weighted by Gasteiger charge is 2.22. The molecule has 3 N–H and O–H groups in total. The average molecular weight is 352 g/mol. The highest BCUT2D eigenvalue weighted by atomic mass is 32.1. The Morgan fingerprint density at radius 1 is 1.48 bits per heavy atom. The molecule has 0 bridgehead atoms. The molecular weight excluding hydrogens is 328 g/mol. The average Bonchev–Trinajstić information content (AvgIpc) is 2.82. The minimum absolute atomic E-state index is 0.195. The summed E-state index contributed by atoms with van der Waals surface area (Å²) in [6, 6.07) is 6.31. The Hall–Kier alpha value is -1.28. The molecule has 1 fully saturated rings. The molecule has 2 atom stereocenters. The molecule has 0 amide bonds. The summed E-state index contributed by atoms with van der Waals surface area (Å²) in [6.45, 7) is 6.74. The third-order valence-electron chi connectivity index (χ3n) is 4.20. The molecule has 0 spiro atoms. The molecule has 0 aliphatic carbocycles. The lowest BCUT2D eigenvalue weighted by molar-refractivity contribution is -0.931. The number of quaternary nitrogens is 1. The molecule has 5 nitrogen and oxygen atoms in total. The van der Waals surface area contributed by atoms with Gasteiger partial charge in [-0.1, -0.05) is 29.0 Å². The standard InChI is InChI=1S/C16H22N4OS2/c1-11-5-6-14(12(2)8-11)17-15-18-20(16(22)23-15)10-19-7-3-4-13(21)9-19/h5-6,8,13,21H,3-4,7,9-10H2,1-2H3,(H,17,18)/p+1/t13-/m1/s1. The second-order valence-corrected chi connectivity index (χ2v) is 7.90. The van der Waals surface area contributed by atoms with Gasteiger partial charge in [0.15, 0.2) is 10.6 Å². The largest absolute Gasteiger partial charge is 0.387 e. The summed E-state index contributed by atoms with van der Waals surface area (Å²) >= 11 is 6.93. The van der Waals surface area contributed by atoms with Gasteiger partial charge in [-0.05, 0) is 50.5 Å². The molecule has 1 unspecified atom stereocenters. The van der Waals surface area contributed by atoms with Crippen LogP contribution in [0.2, 0.25) is 0 Å². The highest BCUT2D eigenvalue weighted by molar-refractivity contribution is 7.73. The first-order valence-electron chi connectivity index (χ1n) is 7.95. The van der Waals surface area contributed by atoms with E-state index in [-0.39, 0.29) is 6.10 Å². The van der Waals surface area contributed by atoms with E-state index >= 15 is 0 Å². The van der Waals surface area contributed by atoms with Crippen LogP contribution >= 0.6 is 23.6 Å². The van der Waals surface area contributed by atoms with Crippen molar-refractivity contribution >= 4 is 34.4 Å². The van der Waals surface area contributed by atoms with Crippen molar-refractivity contribution in [2.24, 2.45) is 0 Å². The zero-order valence-electron chi connectivity index (χ0n) is 13.5. The lowest BCUT2D eigenvalue weighted by atomic mass is 10.1. The summed E-state index contributed by atoms with van der Waals surface area (Å²) in [6.07, 6.45) is 1.77. The number of hydrogen-bond donors (Lipinski definition) is 3. The maximum Gasteiger partial charge on any atom is 0.209 e. The van der Waals surface area contributed by atoms with Crippen LogP contribution in [0.5, 0.6) is 0 Å². The van der Waals surface area contributed by atoms with Crippen LogP contribution in [0, 0.1) is 17.8 Å². The van der Waals surface area contributed by atoms with Gasteiger partial charge in [0.1, 0.15) is 12.6 Å². The fourth-order valence-corrected chi connectivity index (χ4v) is 4.02. The third kappa shape index (κ3) is 4.17. The van der Waals surface area contributed by atoms with Crippen molar-refractivity contribution in [3.05, 3.63) is 33.3 Å². The minimum atomic E-state index is -0.195. The number of nitrogens with zero attached hydrogens (tertiary/aromatic N) is 2. The van der Waals surface area contributed by atoms with Crippen molar-refractivity contribution < 1.29 is 10.0 Å². The zero-order valence-corrected chi connectivity index (χ0v) is 15.1. The van der Waals surface area contributed by atoms with E-state index in [4.69, 9.17) is 12.2 Å². The lowest BCUT2D eigenvalue weighted by Gasteiger charge is -2.26. The van der Waals surface area contributed by atoms with E-state index in [0.29, 0.717) is 0 Å². The quantitative estimate of drug-likeness (QED) is 0.738. The van der Waals surface area contributed by atoms with E-state index in [1.54, 1.807) is 0 Å². The van der Waals surface area contributed by atoms with Crippen molar-refractivity contribution in [1.29, 1.82) is 0 Å². The number of hydrogen-bond acceptors (Lipinski definition) is 5. The molecule has 1 saturated heterocycles. The molecule has 23 heavy (non-hydrogen) atoms. The Bertz CT molecular complexity index is 740. The molecule has 0 saturated carbocycles. The van der Waals surface area contributed by atoms with Crippen LogP contribution < -0.4 is 10.2 Å². The molecule has 7 heteroatoms. The molecule has 0 radical (unpaired) electrons. The van der Waals surface area contributed by atoms with Crippen LogP contribution in [0.25, 0.3) is 0 Å². The van der Waals surface area contributed by atoms with Gasteiger partial charge < -0.3 is 15.3 Å². The van der Waals surface area contributed by atoms with Crippen LogP contribution in [0.15, 0.2) is 18.2 Å². The van der Waals surface area contributed by atoms with Gasteiger partial charge >= 0.3 is 0 Å². The first-order valence-corrected chi connectivity index (χ1v) is 9.17. The van der Waals surface area contributed by atoms with Crippen LogP contribution in [0.4, 0.5) is 10.8 Å². The van der Waals surface area contributed by atoms with Gasteiger partial charge in [0.2, 0.25) is 5.13 Å². The molecule has 2 aromatic rings. The van der Waals surface area contributed by atoms with Crippen molar-refractivity contribution in [2.45, 2.75) is 39.5 Å². The summed E-state index contributed by atoms with van der Waals surface area (Å²) in [5.74, 6) is 0. The Labute approximate surface area is 145 Å². The number of aliphatic hydroxyl groups excluding tert-OH is 1. The summed E-state index contributed by atoms with van der Waals surface area (Å²) in [7, 11) is 0. The molecule has 1 aliphatic heterocycles. The molecule has 1 aromatic carbocycles. The van der Waals surface area contributed by atoms with E-state index < -0.39 is 0 Å². The molecule has 1 aliphatic rings. The van der Waals surface area contributed by atoms with Crippen LogP contribution in [-0.4, -0.2) is 34.1 Å². The Kier molecular flexibility index (Phi) is 5.11. The highest BCUT2D eigenvalue weighted by Crippen LogP contribution is 2.23. The number of aromatic nitrogens is 2. The van der Waals surface area contributed by atoms with Gasteiger partial charge in [-0.3, -0.25) is 0 Å². The fourth-order valence-electron chi connectivity index (χ4n) is 3.01. The fraction of sp³-hybridized carbons (Fsp3) is 0.500. The number of piperidine rings is 1. The Balaban J connectivity index is 1.71. The zero-order chi connectivity index (χ0) is 16.4. The van der Waals surface area contributed by atoms with E-state index in [1.807, 2.05) is 4.68 Å². The number of rotatable bonds is 4. The van der Waals surface area contributed by atoms with Gasteiger partial charge in [0, 0.05) is 5.69 Å². The van der Waals surface area contributed by atoms with Crippen molar-refractivity contribution in [2.75, 3.05) is 18.4 Å². The second-order valence-electron chi connectivity index (χ2n) is 6.27. The number of likely N-dealkylation sites (tertiary alicyclic amines) is 1. The monoisotopic (exact) mass is 351 g/mol. The van der Waals surface area contributed by atoms with Crippen molar-refractivity contribution in [3.63, 3.8) is 0 Å². The topological polar surface area (TPSA) is 54.5 Å². The SMILES string of the molecule is Cc1ccc(Nc2nn(C[NH+]3CCC[C@@H](O)C3)c(=S)s2)c(C)c1. The smallest absolute Gasteiger partial charge is 0.209 e. The summed E-state index contributed by atoms with van der Waals surface area (Å²) in [5, 5.41) is 18.6. The summed E-state index contributed by atoms with van der Waals surface area (Å²) in [4.78, 5) is 1.34. The second kappa shape index (κ2) is 7.09. The number of nitrogens with one attached hydrogen (secondary N) is 2. The molecule has 3 rings (SSSR count). The van der Waals surface area contributed by atoms with Gasteiger partial charge in [-0.2, -0.15) is 4.68 Å². The lowest BCUT2D eigenvalue weighted by Crippen LogP contribution is -3.13. The van der Waals surface area contributed by atoms with Crippen LogP contribution in [0.1, 0.15) is 24.0 Å². The van der Waals surface area contributed by atoms with Crippen LogP contribution in [0.3, 0.4) is 0 Å². The van der Waals surface area contributed by atoms with Crippen molar-refractivity contribution in [3.8, 4) is 0 Å². The minimum Gasteiger partial charge on any atom is -0.387 e. The van der Waals surface area contributed by atoms with Crippen molar-refractivity contribution in [1.82, 2.24) is 9.78 Å². The van der Waals surface area contributed by atoms with Gasteiger partial charge in [-0.25, -0.2) is 0 Å². The first-order chi connectivity index (χ1) is 11.0. The summed E-state index contributed by atoms with van der Waals surface area (Å²) < 4.78 is 2.64. The van der Waals surface area contributed by atoms with E-state index in [9.17, 15) is 5.11 Å². The van der Waals surface area contributed by atoms with E-state index in [2.05, 4.69) is 42.5 Å². The number of benzene rings is 1. The number of anilines is 2. The Morgan fingerprint density at radius 3 is 3.04 bits per heavy atom. The Morgan fingerprint density at radius 2 is 2.30 bits per heavy atom. The van der Waals surface area contributed by atoms with E-state index in [0.717, 1.165) is 47.4 Å². The van der Waals surface area contributed by atoms with Gasteiger partial charge in [0.25, 0.3) is 0 Å². The van der Waals surface area contributed by atoms with Gasteiger partial charge in [-0.15, -0.1) is 5.10 Å².